The van der Waals surface area contributed by atoms with E-state index in [0.717, 1.165) is 24.7 Å². The average molecular weight is 331 g/mol. The Hall–Kier alpha value is -2.12. The third-order valence-electron chi connectivity index (χ3n) is 4.05. The van der Waals surface area contributed by atoms with Crippen LogP contribution in [0.3, 0.4) is 0 Å². The molecule has 124 valence electrons. The molecule has 0 radical (unpaired) electrons. The molecule has 2 aromatic rings. The van der Waals surface area contributed by atoms with Crippen LogP contribution in [0.1, 0.15) is 29.7 Å². The van der Waals surface area contributed by atoms with Crippen LogP contribution in [-0.4, -0.2) is 23.8 Å². The van der Waals surface area contributed by atoms with E-state index in [1.165, 1.54) is 12.1 Å². The molecule has 0 aliphatic carbocycles. The van der Waals surface area contributed by atoms with Crippen molar-refractivity contribution in [3.05, 3.63) is 35.2 Å². The maximum atomic E-state index is 13.4. The average Bonchev–Trinajstić information content (AvgIpc) is 2.95. The number of alkyl halides is 5. The molecular formula is C15H14F5N3. The van der Waals surface area contributed by atoms with Crippen LogP contribution in [0.5, 0.6) is 0 Å². The van der Waals surface area contributed by atoms with Gasteiger partial charge in [0.25, 0.3) is 6.43 Å². The molecule has 1 aliphatic heterocycles. The van der Waals surface area contributed by atoms with Crippen molar-refractivity contribution in [3.63, 3.8) is 0 Å². The number of nitrogens with one attached hydrogen (secondary N) is 1. The summed E-state index contributed by atoms with van der Waals surface area (Å²) in [6.07, 6.45) is -5.13. The Kier molecular flexibility index (Phi) is 3.77. The van der Waals surface area contributed by atoms with E-state index in [2.05, 4.69) is 5.10 Å². The fourth-order valence-electron chi connectivity index (χ4n) is 2.95. The summed E-state index contributed by atoms with van der Waals surface area (Å²) in [5, 5.41) is 5.26. The first-order chi connectivity index (χ1) is 10.8. The lowest BCUT2D eigenvalue weighted by Gasteiger charge is -2.29. The van der Waals surface area contributed by atoms with E-state index >= 15 is 0 Å². The molecule has 3 rings (SSSR count). The van der Waals surface area contributed by atoms with Crippen molar-refractivity contribution in [1.29, 1.82) is 0 Å². The number of H-pyrrole nitrogens is 1. The summed E-state index contributed by atoms with van der Waals surface area (Å²) < 4.78 is 65.9. The summed E-state index contributed by atoms with van der Waals surface area (Å²) in [6, 6.07) is 2.73. The van der Waals surface area contributed by atoms with E-state index in [0.29, 0.717) is 12.1 Å². The van der Waals surface area contributed by atoms with Crippen molar-refractivity contribution in [2.45, 2.75) is 25.4 Å². The Balaban J connectivity index is 2.22. The van der Waals surface area contributed by atoms with E-state index in [9.17, 15) is 22.0 Å². The van der Waals surface area contributed by atoms with Crippen LogP contribution in [0.25, 0.3) is 11.1 Å². The smallest absolute Gasteiger partial charge is 0.374 e. The number of benzene rings is 1. The number of aryl methyl sites for hydroxylation is 1. The number of nitrogens with zero attached hydrogens (tertiary/aromatic N) is 2. The highest BCUT2D eigenvalue weighted by Crippen LogP contribution is 2.42. The minimum Gasteiger partial charge on any atom is -0.374 e. The minimum absolute atomic E-state index is 0.116. The highest BCUT2D eigenvalue weighted by Gasteiger charge is 2.37. The van der Waals surface area contributed by atoms with Gasteiger partial charge in [0.15, 0.2) is 0 Å². The molecule has 1 aromatic heterocycles. The van der Waals surface area contributed by atoms with Gasteiger partial charge >= 0.3 is 6.18 Å². The molecule has 3 nitrogen and oxygen atoms in total. The van der Waals surface area contributed by atoms with Gasteiger partial charge in [-0.15, -0.1) is 0 Å². The maximum Gasteiger partial charge on any atom is 0.433 e. The highest BCUT2D eigenvalue weighted by molar-refractivity contribution is 5.75. The largest absolute Gasteiger partial charge is 0.433 e. The topological polar surface area (TPSA) is 31.9 Å². The van der Waals surface area contributed by atoms with Gasteiger partial charge in [0.2, 0.25) is 0 Å². The summed E-state index contributed by atoms with van der Waals surface area (Å²) in [5.74, 6) is 0. The van der Waals surface area contributed by atoms with Gasteiger partial charge in [-0.3, -0.25) is 5.10 Å². The highest BCUT2D eigenvalue weighted by atomic mass is 19.4. The summed E-state index contributed by atoms with van der Waals surface area (Å²) in [4.78, 5) is 1.84. The fourth-order valence-corrected chi connectivity index (χ4v) is 2.95. The Morgan fingerprint density at radius 1 is 1.22 bits per heavy atom. The molecule has 1 aliphatic rings. The molecule has 0 bridgehead atoms. The molecule has 2 heterocycles. The van der Waals surface area contributed by atoms with Crippen molar-refractivity contribution >= 4 is 5.69 Å². The van der Waals surface area contributed by atoms with Gasteiger partial charge in [0.05, 0.1) is 6.20 Å². The number of hydrogen-bond donors (Lipinski definition) is 1. The molecule has 0 saturated carbocycles. The summed E-state index contributed by atoms with van der Waals surface area (Å²) >= 11 is 0. The number of rotatable bonds is 2. The van der Waals surface area contributed by atoms with E-state index in [1.54, 1.807) is 7.05 Å². The third kappa shape index (κ3) is 2.77. The quantitative estimate of drug-likeness (QED) is 0.827. The molecule has 0 unspecified atom stereocenters. The zero-order chi connectivity index (χ0) is 16.8. The van der Waals surface area contributed by atoms with Crippen LogP contribution >= 0.6 is 0 Å². The molecule has 0 atom stereocenters. The third-order valence-corrected chi connectivity index (χ3v) is 4.05. The van der Waals surface area contributed by atoms with Gasteiger partial charge in [-0.25, -0.2) is 8.78 Å². The molecule has 0 saturated heterocycles. The van der Waals surface area contributed by atoms with E-state index in [1.807, 2.05) is 10.00 Å². The van der Waals surface area contributed by atoms with Crippen molar-refractivity contribution in [1.82, 2.24) is 10.2 Å². The second kappa shape index (κ2) is 5.50. The van der Waals surface area contributed by atoms with Crippen molar-refractivity contribution < 1.29 is 22.0 Å². The fraction of sp³-hybridized carbons (Fsp3) is 0.400. The van der Waals surface area contributed by atoms with Crippen LogP contribution in [0.15, 0.2) is 18.3 Å². The van der Waals surface area contributed by atoms with E-state index in [-0.39, 0.29) is 11.1 Å². The van der Waals surface area contributed by atoms with Crippen LogP contribution in [-0.2, 0) is 12.6 Å². The number of halogens is 5. The Morgan fingerprint density at radius 2 is 1.96 bits per heavy atom. The second-order valence-corrected chi connectivity index (χ2v) is 5.55. The van der Waals surface area contributed by atoms with E-state index < -0.39 is 23.9 Å². The predicted molar refractivity (Wildman–Crippen MR) is 75.6 cm³/mol. The van der Waals surface area contributed by atoms with Crippen LogP contribution in [0.2, 0.25) is 0 Å². The second-order valence-electron chi connectivity index (χ2n) is 5.55. The molecule has 1 N–H and O–H groups in total. The molecule has 0 spiro atoms. The lowest BCUT2D eigenvalue weighted by atomic mass is 9.92. The molecule has 0 amide bonds. The van der Waals surface area contributed by atoms with Crippen LogP contribution in [0.4, 0.5) is 27.6 Å². The van der Waals surface area contributed by atoms with Crippen molar-refractivity contribution in [3.8, 4) is 11.1 Å². The number of hydrogen-bond acceptors (Lipinski definition) is 2. The minimum atomic E-state index is -4.68. The normalized spacial score (nSPS) is 15.2. The monoisotopic (exact) mass is 331 g/mol. The number of fused-ring (bicyclic) bond motifs is 1. The standard InChI is InChI=1S/C15H14F5N3/c1-23-4-2-3-8-5-9(10(14(16)17)6-12(8)23)11-7-21-22-13(11)15(18,19)20/h5-7,14H,2-4H2,1H3,(H,21,22). The lowest BCUT2D eigenvalue weighted by molar-refractivity contribution is -0.140. The summed E-state index contributed by atoms with van der Waals surface area (Å²) in [6.45, 7) is 0.731. The Labute approximate surface area is 129 Å². The number of aromatic amines is 1. The van der Waals surface area contributed by atoms with Crippen LogP contribution in [0, 0.1) is 0 Å². The molecule has 0 fully saturated rings. The summed E-state index contributed by atoms with van der Waals surface area (Å²) in [7, 11) is 1.78. The first kappa shape index (κ1) is 15.8. The van der Waals surface area contributed by atoms with Gasteiger partial charge in [0.1, 0.15) is 5.69 Å². The maximum absolute atomic E-state index is 13.4. The number of aromatic nitrogens is 2. The predicted octanol–water partition coefficient (Wildman–Crippen LogP) is 4.42. The molecule has 8 heteroatoms. The van der Waals surface area contributed by atoms with Crippen LogP contribution < -0.4 is 4.90 Å². The van der Waals surface area contributed by atoms with Crippen molar-refractivity contribution in [2.75, 3.05) is 18.5 Å². The Bertz CT molecular complexity index is 720. The SMILES string of the molecule is CN1CCCc2cc(-c3cn[nH]c3C(F)(F)F)c(C(F)F)cc21. The Morgan fingerprint density at radius 3 is 2.61 bits per heavy atom. The number of anilines is 1. The molecule has 23 heavy (non-hydrogen) atoms. The van der Waals surface area contributed by atoms with Gasteiger partial charge in [0, 0.05) is 30.4 Å². The van der Waals surface area contributed by atoms with Gasteiger partial charge in [-0.2, -0.15) is 18.3 Å². The zero-order valence-corrected chi connectivity index (χ0v) is 12.2. The van der Waals surface area contributed by atoms with Crippen molar-refractivity contribution in [2.24, 2.45) is 0 Å². The van der Waals surface area contributed by atoms with Gasteiger partial charge in [-0.05, 0) is 36.1 Å². The van der Waals surface area contributed by atoms with E-state index in [4.69, 9.17) is 0 Å². The zero-order valence-electron chi connectivity index (χ0n) is 12.2. The lowest BCUT2D eigenvalue weighted by Crippen LogP contribution is -2.25. The van der Waals surface area contributed by atoms with Gasteiger partial charge in [-0.1, -0.05) is 0 Å². The first-order valence-corrected chi connectivity index (χ1v) is 7.06. The molecule has 1 aromatic carbocycles. The molecular weight excluding hydrogens is 317 g/mol. The van der Waals surface area contributed by atoms with Gasteiger partial charge < -0.3 is 4.90 Å². The first-order valence-electron chi connectivity index (χ1n) is 7.06. The summed E-state index contributed by atoms with van der Waals surface area (Å²) in [5.41, 5.74) is -0.563.